The largest absolute Gasteiger partial charge is 0.460 e. The lowest BCUT2D eigenvalue weighted by molar-refractivity contribution is 0.290. The Morgan fingerprint density at radius 2 is 1.89 bits per heavy atom. The number of nitrogens with zero attached hydrogens (tertiary/aromatic N) is 2. The molecule has 0 unspecified atom stereocenters. The van der Waals surface area contributed by atoms with Crippen molar-refractivity contribution in [2.45, 2.75) is 16.3 Å². The second kappa shape index (κ2) is 11.5. The van der Waals surface area contributed by atoms with E-state index in [1.165, 1.54) is 0 Å². The molecule has 0 bridgehead atoms. The van der Waals surface area contributed by atoms with Crippen molar-refractivity contribution in [1.29, 1.82) is 5.26 Å². The average Bonchev–Trinajstić information content (AvgIpc) is 3.40. The van der Waals surface area contributed by atoms with Gasteiger partial charge in [-0.05, 0) is 54.6 Å². The molecule has 3 aromatic carbocycles. The van der Waals surface area contributed by atoms with Crippen LogP contribution in [0, 0.1) is 11.3 Å². The SMILES string of the molecule is N#Cc1cnc2cc(-c3ccc(CNCCO)o3)ccc2c1Nc1ccc(Sc2ccccc2)c(Cl)c1. The fourth-order valence-corrected chi connectivity index (χ4v) is 5.04. The Morgan fingerprint density at radius 3 is 2.68 bits per heavy atom. The van der Waals surface area contributed by atoms with Gasteiger partial charge in [-0.15, -0.1) is 0 Å². The minimum atomic E-state index is 0.0773. The molecular formula is C29H23ClN4O2S. The van der Waals surface area contributed by atoms with Gasteiger partial charge < -0.3 is 20.2 Å². The molecule has 5 rings (SSSR count). The molecule has 0 aliphatic heterocycles. The second-order valence-electron chi connectivity index (χ2n) is 8.24. The van der Waals surface area contributed by atoms with Crippen LogP contribution in [0.1, 0.15) is 11.3 Å². The smallest absolute Gasteiger partial charge is 0.134 e. The highest BCUT2D eigenvalue weighted by Gasteiger charge is 2.13. The summed E-state index contributed by atoms with van der Waals surface area (Å²) < 4.78 is 5.95. The number of anilines is 2. The van der Waals surface area contributed by atoms with Crippen LogP contribution < -0.4 is 10.6 Å². The van der Waals surface area contributed by atoms with Crippen molar-refractivity contribution in [3.63, 3.8) is 0 Å². The van der Waals surface area contributed by atoms with Crippen LogP contribution in [0.15, 0.2) is 99.3 Å². The number of benzene rings is 3. The molecule has 0 fully saturated rings. The maximum Gasteiger partial charge on any atom is 0.134 e. The first-order chi connectivity index (χ1) is 18.1. The zero-order chi connectivity index (χ0) is 25.6. The molecule has 0 aliphatic carbocycles. The maximum absolute atomic E-state index is 9.75. The Morgan fingerprint density at radius 1 is 1.03 bits per heavy atom. The Kier molecular flexibility index (Phi) is 7.73. The molecule has 0 amide bonds. The van der Waals surface area contributed by atoms with Gasteiger partial charge in [0.15, 0.2) is 0 Å². The van der Waals surface area contributed by atoms with E-state index < -0.39 is 0 Å². The fraction of sp³-hybridized carbons (Fsp3) is 0.103. The van der Waals surface area contributed by atoms with E-state index in [0.29, 0.717) is 29.4 Å². The molecule has 0 radical (unpaired) electrons. The van der Waals surface area contributed by atoms with Crippen molar-refractivity contribution >= 4 is 45.6 Å². The summed E-state index contributed by atoms with van der Waals surface area (Å²) in [5, 5.41) is 26.6. The van der Waals surface area contributed by atoms with E-state index in [0.717, 1.165) is 43.5 Å². The minimum absolute atomic E-state index is 0.0773. The normalized spacial score (nSPS) is 10.9. The highest BCUT2D eigenvalue weighted by Crippen LogP contribution is 2.37. The fourth-order valence-electron chi connectivity index (χ4n) is 3.91. The maximum atomic E-state index is 9.75. The molecule has 3 N–H and O–H groups in total. The lowest BCUT2D eigenvalue weighted by Crippen LogP contribution is -2.16. The number of aliphatic hydroxyl groups excluding tert-OH is 1. The monoisotopic (exact) mass is 526 g/mol. The first-order valence-electron chi connectivity index (χ1n) is 11.7. The Bertz CT molecular complexity index is 1580. The molecule has 184 valence electrons. The topological polar surface area (TPSA) is 94.1 Å². The van der Waals surface area contributed by atoms with Crippen LogP contribution in [-0.4, -0.2) is 23.2 Å². The van der Waals surface area contributed by atoms with Crippen LogP contribution in [0.25, 0.3) is 22.2 Å². The molecular weight excluding hydrogens is 504 g/mol. The molecule has 37 heavy (non-hydrogen) atoms. The van der Waals surface area contributed by atoms with Crippen molar-refractivity contribution in [3.05, 3.63) is 101 Å². The van der Waals surface area contributed by atoms with Gasteiger partial charge in [0.05, 0.1) is 34.9 Å². The third-order valence-corrected chi connectivity index (χ3v) is 7.20. The summed E-state index contributed by atoms with van der Waals surface area (Å²) in [5.41, 5.74) is 3.51. The number of fused-ring (bicyclic) bond motifs is 1. The van der Waals surface area contributed by atoms with Crippen molar-refractivity contribution in [3.8, 4) is 17.4 Å². The number of hydrogen-bond donors (Lipinski definition) is 3. The first kappa shape index (κ1) is 24.9. The first-order valence-corrected chi connectivity index (χ1v) is 12.9. The molecule has 0 saturated carbocycles. The Hall–Kier alpha value is -3.80. The Balaban J connectivity index is 1.41. The summed E-state index contributed by atoms with van der Waals surface area (Å²) in [5.74, 6) is 1.51. The van der Waals surface area contributed by atoms with E-state index in [-0.39, 0.29) is 6.61 Å². The standard InChI is InChI=1S/C29H23ClN4O2S/c30-25-15-21(7-11-28(25)37-23-4-2-1-3-5-23)34-29-20(16-31)17-33-26-14-19(6-9-24(26)29)27-10-8-22(36-27)18-32-12-13-35/h1-11,14-15,17,32,35H,12-13,18H2,(H,33,34). The average molecular weight is 527 g/mol. The van der Waals surface area contributed by atoms with E-state index in [4.69, 9.17) is 21.1 Å². The van der Waals surface area contributed by atoms with Gasteiger partial charge >= 0.3 is 0 Å². The molecule has 8 heteroatoms. The molecule has 6 nitrogen and oxygen atoms in total. The Labute approximate surface area is 223 Å². The van der Waals surface area contributed by atoms with Crippen molar-refractivity contribution < 1.29 is 9.52 Å². The van der Waals surface area contributed by atoms with Crippen LogP contribution in [0.4, 0.5) is 11.4 Å². The number of hydrogen-bond acceptors (Lipinski definition) is 7. The number of aromatic nitrogens is 1. The molecule has 5 aromatic rings. The lowest BCUT2D eigenvalue weighted by atomic mass is 10.1. The van der Waals surface area contributed by atoms with E-state index in [2.05, 4.69) is 21.7 Å². The molecule has 2 heterocycles. The van der Waals surface area contributed by atoms with Crippen molar-refractivity contribution in [1.82, 2.24) is 10.3 Å². The summed E-state index contributed by atoms with van der Waals surface area (Å²) in [6.07, 6.45) is 1.57. The molecule has 0 aliphatic rings. The number of nitriles is 1. The predicted octanol–water partition coefficient (Wildman–Crippen LogP) is 7.00. The summed E-state index contributed by atoms with van der Waals surface area (Å²) in [4.78, 5) is 6.57. The van der Waals surface area contributed by atoms with Crippen molar-refractivity contribution in [2.75, 3.05) is 18.5 Å². The third-order valence-electron chi connectivity index (χ3n) is 5.70. The van der Waals surface area contributed by atoms with Gasteiger partial charge in [-0.25, -0.2) is 0 Å². The number of aliphatic hydroxyl groups is 1. The number of rotatable bonds is 9. The zero-order valence-corrected chi connectivity index (χ0v) is 21.3. The molecule has 0 atom stereocenters. The summed E-state index contributed by atoms with van der Waals surface area (Å²) in [6, 6.07) is 27.7. The lowest BCUT2D eigenvalue weighted by Gasteiger charge is -2.13. The van der Waals surface area contributed by atoms with Gasteiger partial charge in [-0.1, -0.05) is 47.6 Å². The van der Waals surface area contributed by atoms with Gasteiger partial charge in [0.25, 0.3) is 0 Å². The van der Waals surface area contributed by atoms with Crippen LogP contribution in [0.3, 0.4) is 0 Å². The van der Waals surface area contributed by atoms with Gasteiger partial charge in [0.2, 0.25) is 0 Å². The van der Waals surface area contributed by atoms with Crippen LogP contribution >= 0.6 is 23.4 Å². The summed E-state index contributed by atoms with van der Waals surface area (Å²) in [7, 11) is 0. The van der Waals surface area contributed by atoms with E-state index in [1.807, 2.05) is 78.9 Å². The quantitative estimate of drug-likeness (QED) is 0.178. The van der Waals surface area contributed by atoms with Crippen molar-refractivity contribution in [2.24, 2.45) is 0 Å². The van der Waals surface area contributed by atoms with E-state index in [9.17, 15) is 5.26 Å². The molecule has 0 saturated heterocycles. The number of halogens is 1. The van der Waals surface area contributed by atoms with Crippen LogP contribution in [-0.2, 0) is 6.54 Å². The summed E-state index contributed by atoms with van der Waals surface area (Å²) in [6.45, 7) is 1.12. The van der Waals surface area contributed by atoms with Gasteiger partial charge in [-0.3, -0.25) is 4.98 Å². The van der Waals surface area contributed by atoms with Crippen LogP contribution in [0.2, 0.25) is 5.02 Å². The molecule has 0 spiro atoms. The highest BCUT2D eigenvalue weighted by molar-refractivity contribution is 7.99. The predicted molar refractivity (Wildman–Crippen MR) is 148 cm³/mol. The molecule has 2 aromatic heterocycles. The highest BCUT2D eigenvalue weighted by atomic mass is 35.5. The number of nitrogens with one attached hydrogen (secondary N) is 2. The number of furan rings is 1. The minimum Gasteiger partial charge on any atom is -0.460 e. The summed E-state index contributed by atoms with van der Waals surface area (Å²) >= 11 is 8.20. The van der Waals surface area contributed by atoms with Crippen LogP contribution in [0.5, 0.6) is 0 Å². The zero-order valence-electron chi connectivity index (χ0n) is 19.7. The van der Waals surface area contributed by atoms with E-state index >= 15 is 0 Å². The van der Waals surface area contributed by atoms with E-state index in [1.54, 1.807) is 18.0 Å². The van der Waals surface area contributed by atoms with Gasteiger partial charge in [0.1, 0.15) is 17.6 Å². The third kappa shape index (κ3) is 5.79. The van der Waals surface area contributed by atoms with Gasteiger partial charge in [0, 0.05) is 39.2 Å². The second-order valence-corrected chi connectivity index (χ2v) is 9.76. The number of pyridine rings is 1. The van der Waals surface area contributed by atoms with Gasteiger partial charge in [-0.2, -0.15) is 5.26 Å².